The number of carbonyl (C=O) groups is 2. The van der Waals surface area contributed by atoms with E-state index in [9.17, 15) is 14.0 Å². The Kier molecular flexibility index (Phi) is 4.37. The first-order valence-corrected chi connectivity index (χ1v) is 6.74. The van der Waals surface area contributed by atoms with Gasteiger partial charge in [-0.25, -0.2) is 4.39 Å². The maximum Gasteiger partial charge on any atom is 0.308 e. The molecule has 1 N–H and O–H groups in total. The van der Waals surface area contributed by atoms with Gasteiger partial charge in [-0.2, -0.15) is 0 Å². The van der Waals surface area contributed by atoms with E-state index in [1.807, 2.05) is 6.92 Å². The van der Waals surface area contributed by atoms with Crippen molar-refractivity contribution in [2.75, 3.05) is 6.54 Å². The predicted molar refractivity (Wildman–Crippen MR) is 71.6 cm³/mol. The molecule has 1 heterocycles. The van der Waals surface area contributed by atoms with Gasteiger partial charge in [0.25, 0.3) is 0 Å². The zero-order valence-electron chi connectivity index (χ0n) is 11.4. The average Bonchev–Trinajstić information content (AvgIpc) is 2.41. The lowest BCUT2D eigenvalue weighted by atomic mass is 9.93. The van der Waals surface area contributed by atoms with Crippen LogP contribution in [0.25, 0.3) is 0 Å². The van der Waals surface area contributed by atoms with Crippen LogP contribution in [0.5, 0.6) is 0 Å². The SMILES string of the molecule is CC1CCC(C(=O)O)CN1C(=O)Cc1ccccc1F. The van der Waals surface area contributed by atoms with E-state index in [2.05, 4.69) is 0 Å². The Hall–Kier alpha value is -1.91. The van der Waals surface area contributed by atoms with Crippen LogP contribution >= 0.6 is 0 Å². The number of halogens is 1. The fourth-order valence-corrected chi connectivity index (χ4v) is 2.56. The summed E-state index contributed by atoms with van der Waals surface area (Å²) in [7, 11) is 0. The molecule has 0 aromatic heterocycles. The molecule has 1 aliphatic heterocycles. The number of rotatable bonds is 3. The standard InChI is InChI=1S/C15H18FNO3/c1-10-6-7-12(15(19)20)9-17(10)14(18)8-11-4-2-3-5-13(11)16/h2-5,10,12H,6-9H2,1H3,(H,19,20). The molecule has 1 saturated heterocycles. The summed E-state index contributed by atoms with van der Waals surface area (Å²) in [4.78, 5) is 24.9. The molecule has 2 atom stereocenters. The lowest BCUT2D eigenvalue weighted by Crippen LogP contribution is -2.48. The molecule has 1 aromatic carbocycles. The third-order valence-corrected chi connectivity index (χ3v) is 3.85. The number of carbonyl (C=O) groups excluding carboxylic acids is 1. The van der Waals surface area contributed by atoms with Crippen molar-refractivity contribution in [2.45, 2.75) is 32.2 Å². The van der Waals surface area contributed by atoms with Gasteiger partial charge >= 0.3 is 5.97 Å². The maximum absolute atomic E-state index is 13.6. The number of benzene rings is 1. The monoisotopic (exact) mass is 279 g/mol. The highest BCUT2D eigenvalue weighted by atomic mass is 19.1. The van der Waals surface area contributed by atoms with Crippen LogP contribution in [-0.4, -0.2) is 34.5 Å². The number of hydrogen-bond donors (Lipinski definition) is 1. The number of carboxylic acids is 1. The van der Waals surface area contributed by atoms with E-state index in [1.165, 1.54) is 6.07 Å². The van der Waals surface area contributed by atoms with Gasteiger partial charge in [0.1, 0.15) is 5.82 Å². The Bertz CT molecular complexity index is 518. The van der Waals surface area contributed by atoms with Crippen LogP contribution < -0.4 is 0 Å². The zero-order chi connectivity index (χ0) is 14.7. The van der Waals surface area contributed by atoms with Gasteiger partial charge in [-0.3, -0.25) is 9.59 Å². The van der Waals surface area contributed by atoms with Crippen LogP contribution in [0.3, 0.4) is 0 Å². The van der Waals surface area contributed by atoms with E-state index in [4.69, 9.17) is 5.11 Å². The molecule has 0 saturated carbocycles. The van der Waals surface area contributed by atoms with Gasteiger partial charge < -0.3 is 10.0 Å². The summed E-state index contributed by atoms with van der Waals surface area (Å²) in [6.07, 6.45) is 1.23. The number of carboxylic acid groups (broad SMARTS) is 1. The van der Waals surface area contributed by atoms with Crippen LogP contribution in [-0.2, 0) is 16.0 Å². The molecule has 0 bridgehead atoms. The number of aliphatic carboxylic acids is 1. The molecule has 0 aliphatic carbocycles. The molecule has 1 aromatic rings. The second kappa shape index (κ2) is 6.03. The third-order valence-electron chi connectivity index (χ3n) is 3.85. The van der Waals surface area contributed by atoms with E-state index < -0.39 is 17.7 Å². The summed E-state index contributed by atoms with van der Waals surface area (Å²) >= 11 is 0. The molecule has 20 heavy (non-hydrogen) atoms. The van der Waals surface area contributed by atoms with Crippen molar-refractivity contribution in [1.82, 2.24) is 4.90 Å². The summed E-state index contributed by atoms with van der Waals surface area (Å²) in [5.41, 5.74) is 0.349. The van der Waals surface area contributed by atoms with Gasteiger partial charge in [0.15, 0.2) is 0 Å². The molecule has 1 fully saturated rings. The normalized spacial score (nSPS) is 22.6. The molecule has 1 amide bonds. The molecule has 4 nitrogen and oxygen atoms in total. The second-order valence-electron chi connectivity index (χ2n) is 5.28. The average molecular weight is 279 g/mol. The van der Waals surface area contributed by atoms with Crippen molar-refractivity contribution in [3.05, 3.63) is 35.6 Å². The summed E-state index contributed by atoms with van der Waals surface area (Å²) in [5, 5.41) is 9.06. The predicted octanol–water partition coefficient (Wildman–Crippen LogP) is 2.08. The van der Waals surface area contributed by atoms with Crippen LogP contribution in [0.1, 0.15) is 25.3 Å². The Morgan fingerprint density at radius 1 is 1.35 bits per heavy atom. The molecular formula is C15H18FNO3. The minimum Gasteiger partial charge on any atom is -0.481 e. The second-order valence-corrected chi connectivity index (χ2v) is 5.28. The minimum absolute atomic E-state index is 0.00451. The quantitative estimate of drug-likeness (QED) is 0.921. The fourth-order valence-electron chi connectivity index (χ4n) is 2.56. The van der Waals surface area contributed by atoms with E-state index >= 15 is 0 Å². The van der Waals surface area contributed by atoms with Crippen molar-refractivity contribution in [3.8, 4) is 0 Å². The van der Waals surface area contributed by atoms with E-state index in [-0.39, 0.29) is 24.9 Å². The molecule has 2 unspecified atom stereocenters. The lowest BCUT2D eigenvalue weighted by molar-refractivity contribution is -0.147. The van der Waals surface area contributed by atoms with Gasteiger partial charge in [0.2, 0.25) is 5.91 Å². The Labute approximate surface area is 117 Å². The first-order valence-electron chi connectivity index (χ1n) is 6.74. The Balaban J connectivity index is 2.07. The van der Waals surface area contributed by atoms with Crippen molar-refractivity contribution >= 4 is 11.9 Å². The van der Waals surface area contributed by atoms with E-state index in [1.54, 1.807) is 23.1 Å². The highest BCUT2D eigenvalue weighted by Crippen LogP contribution is 2.23. The van der Waals surface area contributed by atoms with Gasteiger partial charge in [0.05, 0.1) is 12.3 Å². The third kappa shape index (κ3) is 3.15. The number of piperidine rings is 1. The van der Waals surface area contributed by atoms with Crippen LogP contribution in [0, 0.1) is 11.7 Å². The summed E-state index contributed by atoms with van der Waals surface area (Å²) in [6, 6.07) is 6.17. The minimum atomic E-state index is -0.874. The number of nitrogens with zero attached hydrogens (tertiary/aromatic N) is 1. The molecule has 108 valence electrons. The van der Waals surface area contributed by atoms with Crippen molar-refractivity contribution in [1.29, 1.82) is 0 Å². The molecule has 2 rings (SSSR count). The highest BCUT2D eigenvalue weighted by molar-refractivity contribution is 5.80. The summed E-state index contributed by atoms with van der Waals surface area (Å²) < 4.78 is 13.6. The van der Waals surface area contributed by atoms with Crippen molar-refractivity contribution < 1.29 is 19.1 Å². The van der Waals surface area contributed by atoms with Crippen LogP contribution in [0.15, 0.2) is 24.3 Å². The van der Waals surface area contributed by atoms with Crippen LogP contribution in [0.2, 0.25) is 0 Å². The van der Waals surface area contributed by atoms with E-state index in [0.717, 1.165) is 0 Å². The molecule has 5 heteroatoms. The summed E-state index contributed by atoms with van der Waals surface area (Å²) in [5.74, 6) is -2.01. The first-order chi connectivity index (χ1) is 9.49. The zero-order valence-corrected chi connectivity index (χ0v) is 11.4. The fraction of sp³-hybridized carbons (Fsp3) is 0.467. The van der Waals surface area contributed by atoms with Crippen molar-refractivity contribution in [3.63, 3.8) is 0 Å². The number of likely N-dealkylation sites (tertiary alicyclic amines) is 1. The lowest BCUT2D eigenvalue weighted by Gasteiger charge is -2.36. The Morgan fingerprint density at radius 3 is 2.70 bits per heavy atom. The largest absolute Gasteiger partial charge is 0.481 e. The smallest absolute Gasteiger partial charge is 0.308 e. The molecular weight excluding hydrogens is 261 g/mol. The first kappa shape index (κ1) is 14.5. The topological polar surface area (TPSA) is 57.6 Å². The molecule has 1 aliphatic rings. The van der Waals surface area contributed by atoms with Crippen LogP contribution in [0.4, 0.5) is 4.39 Å². The van der Waals surface area contributed by atoms with Gasteiger partial charge in [0, 0.05) is 12.6 Å². The molecule has 0 radical (unpaired) electrons. The highest BCUT2D eigenvalue weighted by Gasteiger charge is 2.32. The summed E-state index contributed by atoms with van der Waals surface area (Å²) in [6.45, 7) is 2.11. The van der Waals surface area contributed by atoms with Gasteiger partial charge in [-0.05, 0) is 31.4 Å². The molecule has 0 spiro atoms. The van der Waals surface area contributed by atoms with E-state index in [0.29, 0.717) is 18.4 Å². The number of hydrogen-bond acceptors (Lipinski definition) is 2. The van der Waals surface area contributed by atoms with Gasteiger partial charge in [-0.15, -0.1) is 0 Å². The van der Waals surface area contributed by atoms with Crippen molar-refractivity contribution in [2.24, 2.45) is 5.92 Å². The van der Waals surface area contributed by atoms with Gasteiger partial charge in [-0.1, -0.05) is 18.2 Å². The number of amides is 1. The maximum atomic E-state index is 13.6. The Morgan fingerprint density at radius 2 is 2.05 bits per heavy atom.